The van der Waals surface area contributed by atoms with Crippen molar-refractivity contribution in [2.45, 2.75) is 39.2 Å². The number of nitrogens with zero attached hydrogens (tertiary/aromatic N) is 1. The highest BCUT2D eigenvalue weighted by atomic mass is 14.9. The fourth-order valence-electron chi connectivity index (χ4n) is 2.61. The predicted octanol–water partition coefficient (Wildman–Crippen LogP) is 4.14. The van der Waals surface area contributed by atoms with Gasteiger partial charge in [0.1, 0.15) is 0 Å². The quantitative estimate of drug-likeness (QED) is 0.868. The highest BCUT2D eigenvalue weighted by Crippen LogP contribution is 2.34. The molecule has 3 rings (SSSR count). The fourth-order valence-corrected chi connectivity index (χ4v) is 2.61. The van der Waals surface area contributed by atoms with Crippen LogP contribution in [0.3, 0.4) is 0 Å². The van der Waals surface area contributed by atoms with Gasteiger partial charge in [-0.3, -0.25) is 4.98 Å². The number of fused-ring (bicyclic) bond motifs is 1. The van der Waals surface area contributed by atoms with E-state index in [-0.39, 0.29) is 0 Å². The minimum atomic E-state index is 0.544. The van der Waals surface area contributed by atoms with Crippen molar-refractivity contribution in [2.24, 2.45) is 5.92 Å². The van der Waals surface area contributed by atoms with Crippen molar-refractivity contribution < 1.29 is 0 Å². The molecule has 0 aliphatic heterocycles. The van der Waals surface area contributed by atoms with Crippen LogP contribution in [0.4, 0.5) is 5.69 Å². The summed E-state index contributed by atoms with van der Waals surface area (Å²) in [7, 11) is 0. The summed E-state index contributed by atoms with van der Waals surface area (Å²) in [6, 6.07) is 11.1. The molecule has 1 aromatic carbocycles. The Morgan fingerprint density at radius 1 is 1.33 bits per heavy atom. The summed E-state index contributed by atoms with van der Waals surface area (Å²) in [4.78, 5) is 4.58. The minimum absolute atomic E-state index is 0.544. The average Bonchev–Trinajstić information content (AvgIpc) is 3.12. The molecule has 0 saturated heterocycles. The van der Waals surface area contributed by atoms with Crippen LogP contribution in [-0.2, 0) is 0 Å². The molecule has 1 heterocycles. The normalized spacial score (nSPS) is 16.8. The number of hydrogen-bond acceptors (Lipinski definition) is 2. The second-order valence-corrected chi connectivity index (χ2v) is 5.55. The second-order valence-electron chi connectivity index (χ2n) is 5.55. The minimum Gasteiger partial charge on any atom is -0.382 e. The zero-order valence-corrected chi connectivity index (χ0v) is 11.1. The van der Waals surface area contributed by atoms with Crippen LogP contribution in [0.15, 0.2) is 30.3 Å². The van der Waals surface area contributed by atoms with Crippen molar-refractivity contribution >= 4 is 16.6 Å². The number of pyridine rings is 1. The molecule has 1 unspecified atom stereocenters. The van der Waals surface area contributed by atoms with E-state index in [1.54, 1.807) is 0 Å². The molecule has 2 heteroatoms. The van der Waals surface area contributed by atoms with E-state index < -0.39 is 0 Å². The monoisotopic (exact) mass is 240 g/mol. The summed E-state index contributed by atoms with van der Waals surface area (Å²) in [5.74, 6) is 0.960. The number of nitrogens with one attached hydrogen (secondary N) is 1. The van der Waals surface area contributed by atoms with E-state index in [1.807, 2.05) is 6.07 Å². The van der Waals surface area contributed by atoms with Crippen LogP contribution in [0.1, 0.15) is 31.9 Å². The molecule has 1 aromatic heterocycles. The van der Waals surface area contributed by atoms with Gasteiger partial charge in [0.05, 0.1) is 5.52 Å². The number of rotatable bonds is 4. The first-order valence-electron chi connectivity index (χ1n) is 6.85. The molecule has 2 nitrogen and oxygen atoms in total. The predicted molar refractivity (Wildman–Crippen MR) is 76.9 cm³/mol. The molecule has 1 N–H and O–H groups in total. The molecule has 1 aliphatic carbocycles. The van der Waals surface area contributed by atoms with Gasteiger partial charge in [-0.15, -0.1) is 0 Å². The Labute approximate surface area is 108 Å². The standard InChI is InChI=1S/C16H20N2/c1-11(9-13-7-8-13)18-16-10-12(2)17-15-6-4-3-5-14(15)16/h3-6,10-11,13H,7-9H2,1-2H3,(H,17,18). The maximum Gasteiger partial charge on any atom is 0.0725 e. The largest absolute Gasteiger partial charge is 0.382 e. The Hall–Kier alpha value is -1.57. The second kappa shape index (κ2) is 4.60. The number of aromatic nitrogens is 1. The van der Waals surface area contributed by atoms with Gasteiger partial charge in [0.2, 0.25) is 0 Å². The van der Waals surface area contributed by atoms with E-state index in [2.05, 4.69) is 48.4 Å². The maximum absolute atomic E-state index is 4.58. The molecular formula is C16H20N2. The lowest BCUT2D eigenvalue weighted by Crippen LogP contribution is -2.16. The van der Waals surface area contributed by atoms with Crippen molar-refractivity contribution in [3.05, 3.63) is 36.0 Å². The lowest BCUT2D eigenvalue weighted by molar-refractivity contribution is 0.642. The smallest absolute Gasteiger partial charge is 0.0725 e. The van der Waals surface area contributed by atoms with Crippen LogP contribution >= 0.6 is 0 Å². The fraction of sp³-hybridized carbons (Fsp3) is 0.438. The molecule has 0 radical (unpaired) electrons. The van der Waals surface area contributed by atoms with E-state index in [0.717, 1.165) is 17.1 Å². The van der Waals surface area contributed by atoms with Crippen LogP contribution in [0.25, 0.3) is 10.9 Å². The number of anilines is 1. The third-order valence-electron chi connectivity index (χ3n) is 3.63. The van der Waals surface area contributed by atoms with E-state index in [0.29, 0.717) is 6.04 Å². The van der Waals surface area contributed by atoms with Crippen LogP contribution in [0.2, 0.25) is 0 Å². The number of aryl methyl sites for hydroxylation is 1. The number of benzene rings is 1. The summed E-state index contributed by atoms with van der Waals surface area (Å²) in [6.45, 7) is 4.34. The summed E-state index contributed by atoms with van der Waals surface area (Å²) in [6.07, 6.45) is 4.12. The molecule has 2 aromatic rings. The van der Waals surface area contributed by atoms with E-state index >= 15 is 0 Å². The summed E-state index contributed by atoms with van der Waals surface area (Å²) < 4.78 is 0. The highest BCUT2D eigenvalue weighted by Gasteiger charge is 2.23. The molecule has 0 spiro atoms. The molecule has 94 valence electrons. The van der Waals surface area contributed by atoms with Crippen molar-refractivity contribution in [1.29, 1.82) is 0 Å². The van der Waals surface area contributed by atoms with Crippen molar-refractivity contribution in [1.82, 2.24) is 4.98 Å². The third-order valence-corrected chi connectivity index (χ3v) is 3.63. The first-order chi connectivity index (χ1) is 8.72. The van der Waals surface area contributed by atoms with Crippen LogP contribution in [-0.4, -0.2) is 11.0 Å². The zero-order valence-electron chi connectivity index (χ0n) is 11.1. The first kappa shape index (κ1) is 11.5. The van der Waals surface area contributed by atoms with Gasteiger partial charge in [-0.25, -0.2) is 0 Å². The Bertz CT molecular complexity index is 558. The van der Waals surface area contributed by atoms with E-state index in [1.165, 1.54) is 30.3 Å². The van der Waals surface area contributed by atoms with Crippen molar-refractivity contribution in [2.75, 3.05) is 5.32 Å². The molecule has 1 atom stereocenters. The van der Waals surface area contributed by atoms with Crippen LogP contribution in [0, 0.1) is 12.8 Å². The Morgan fingerprint density at radius 2 is 2.11 bits per heavy atom. The van der Waals surface area contributed by atoms with Crippen molar-refractivity contribution in [3.8, 4) is 0 Å². The van der Waals surface area contributed by atoms with Crippen molar-refractivity contribution in [3.63, 3.8) is 0 Å². The molecular weight excluding hydrogens is 220 g/mol. The molecule has 18 heavy (non-hydrogen) atoms. The molecule has 1 aliphatic rings. The van der Waals surface area contributed by atoms with Gasteiger partial charge >= 0.3 is 0 Å². The van der Waals surface area contributed by atoms with Gasteiger partial charge < -0.3 is 5.32 Å². The topological polar surface area (TPSA) is 24.9 Å². The van der Waals surface area contributed by atoms with Gasteiger partial charge in [0, 0.05) is 22.8 Å². The Morgan fingerprint density at radius 3 is 2.89 bits per heavy atom. The lowest BCUT2D eigenvalue weighted by Gasteiger charge is -2.17. The summed E-state index contributed by atoms with van der Waals surface area (Å²) >= 11 is 0. The van der Waals surface area contributed by atoms with Gasteiger partial charge in [0.15, 0.2) is 0 Å². The highest BCUT2D eigenvalue weighted by molar-refractivity contribution is 5.91. The molecule has 1 fully saturated rings. The summed E-state index contributed by atoms with van der Waals surface area (Å²) in [5, 5.41) is 4.88. The molecule has 0 bridgehead atoms. The molecule has 0 amide bonds. The van der Waals surface area contributed by atoms with Gasteiger partial charge in [-0.1, -0.05) is 31.0 Å². The first-order valence-corrected chi connectivity index (χ1v) is 6.85. The van der Waals surface area contributed by atoms with Crippen LogP contribution < -0.4 is 5.32 Å². The average molecular weight is 240 g/mol. The maximum atomic E-state index is 4.58. The lowest BCUT2D eigenvalue weighted by atomic mass is 10.1. The zero-order chi connectivity index (χ0) is 12.5. The van der Waals surface area contributed by atoms with Crippen LogP contribution in [0.5, 0.6) is 0 Å². The number of hydrogen-bond donors (Lipinski definition) is 1. The van der Waals surface area contributed by atoms with E-state index in [4.69, 9.17) is 0 Å². The Balaban J connectivity index is 1.89. The number of para-hydroxylation sites is 1. The van der Waals surface area contributed by atoms with E-state index in [9.17, 15) is 0 Å². The van der Waals surface area contributed by atoms with Gasteiger partial charge in [-0.2, -0.15) is 0 Å². The third kappa shape index (κ3) is 2.47. The summed E-state index contributed by atoms with van der Waals surface area (Å²) in [5.41, 5.74) is 3.39. The SMILES string of the molecule is Cc1cc(NC(C)CC2CC2)c2ccccc2n1. The Kier molecular flexibility index (Phi) is 2.94. The molecule has 1 saturated carbocycles. The van der Waals surface area contributed by atoms with Gasteiger partial charge in [0.25, 0.3) is 0 Å². The van der Waals surface area contributed by atoms with Gasteiger partial charge in [-0.05, 0) is 38.3 Å².